The number of hydrogen-bond acceptors (Lipinski definition) is 4. The predicted octanol–water partition coefficient (Wildman–Crippen LogP) is 2.70. The van der Waals surface area contributed by atoms with Gasteiger partial charge in [0.1, 0.15) is 11.6 Å². The molecule has 0 aliphatic rings. The Kier molecular flexibility index (Phi) is 4.31. The summed E-state index contributed by atoms with van der Waals surface area (Å²) in [6, 6.07) is 3.38. The minimum Gasteiger partial charge on any atom is -0.399 e. The molecule has 1 aromatic heterocycles. The highest BCUT2D eigenvalue weighted by Crippen LogP contribution is 2.23. The molecule has 0 saturated carbocycles. The lowest BCUT2D eigenvalue weighted by molar-refractivity contribution is 0.515. The molecule has 0 radical (unpaired) electrons. The fourth-order valence-corrected chi connectivity index (χ4v) is 4.02. The third-order valence-electron chi connectivity index (χ3n) is 2.94. The van der Waals surface area contributed by atoms with Crippen LogP contribution in [0, 0.1) is 25.5 Å². The molecular formula is C13H14F2N2O2S2. The molecule has 0 bridgehead atoms. The van der Waals surface area contributed by atoms with Gasteiger partial charge in [0.15, 0.2) is 4.90 Å². The van der Waals surface area contributed by atoms with Crippen LogP contribution in [-0.2, 0) is 16.6 Å². The first-order valence-electron chi connectivity index (χ1n) is 6.01. The molecule has 0 aliphatic heterocycles. The molecule has 2 rings (SSSR count). The van der Waals surface area contributed by atoms with Crippen LogP contribution in [0.3, 0.4) is 0 Å². The Morgan fingerprint density at radius 2 is 1.76 bits per heavy atom. The monoisotopic (exact) mass is 332 g/mol. The zero-order chi connectivity index (χ0) is 15.8. The number of thiophene rings is 1. The van der Waals surface area contributed by atoms with Gasteiger partial charge in [-0.05, 0) is 37.6 Å². The average Bonchev–Trinajstić information content (AvgIpc) is 2.65. The predicted molar refractivity (Wildman–Crippen MR) is 78.6 cm³/mol. The number of hydrogen-bond donors (Lipinski definition) is 2. The van der Waals surface area contributed by atoms with E-state index in [1.807, 2.05) is 19.9 Å². The Hall–Kier alpha value is -1.51. The van der Waals surface area contributed by atoms with Crippen molar-refractivity contribution in [3.63, 3.8) is 0 Å². The molecule has 0 unspecified atom stereocenters. The van der Waals surface area contributed by atoms with E-state index < -0.39 is 26.6 Å². The molecular weight excluding hydrogens is 318 g/mol. The Labute approximate surface area is 125 Å². The van der Waals surface area contributed by atoms with Crippen molar-refractivity contribution in [1.29, 1.82) is 0 Å². The van der Waals surface area contributed by atoms with Crippen molar-refractivity contribution in [2.24, 2.45) is 0 Å². The van der Waals surface area contributed by atoms with E-state index in [1.165, 1.54) is 11.3 Å². The lowest BCUT2D eigenvalue weighted by atomic mass is 10.3. The summed E-state index contributed by atoms with van der Waals surface area (Å²) in [5, 5.41) is 0. The van der Waals surface area contributed by atoms with Crippen LogP contribution in [-0.4, -0.2) is 8.42 Å². The van der Waals surface area contributed by atoms with Crippen LogP contribution >= 0.6 is 11.3 Å². The Morgan fingerprint density at radius 3 is 2.24 bits per heavy atom. The van der Waals surface area contributed by atoms with Gasteiger partial charge in [-0.1, -0.05) is 0 Å². The summed E-state index contributed by atoms with van der Waals surface area (Å²) in [5.74, 6) is -2.42. The molecule has 8 heteroatoms. The van der Waals surface area contributed by atoms with E-state index in [9.17, 15) is 17.2 Å². The van der Waals surface area contributed by atoms with Gasteiger partial charge in [0.2, 0.25) is 10.0 Å². The van der Waals surface area contributed by atoms with Crippen LogP contribution in [0.25, 0.3) is 0 Å². The Bertz CT molecular complexity index is 743. The van der Waals surface area contributed by atoms with Crippen LogP contribution in [0.15, 0.2) is 23.1 Å². The lowest BCUT2D eigenvalue weighted by Gasteiger charge is -2.08. The summed E-state index contributed by atoms with van der Waals surface area (Å²) in [6.45, 7) is 3.80. The van der Waals surface area contributed by atoms with Gasteiger partial charge >= 0.3 is 0 Å². The summed E-state index contributed by atoms with van der Waals surface area (Å²) in [7, 11) is -4.29. The summed E-state index contributed by atoms with van der Waals surface area (Å²) in [4.78, 5) is 0.820. The van der Waals surface area contributed by atoms with Gasteiger partial charge in [-0.3, -0.25) is 0 Å². The van der Waals surface area contributed by atoms with E-state index in [-0.39, 0.29) is 12.2 Å². The van der Waals surface area contributed by atoms with Crippen LogP contribution in [0.4, 0.5) is 14.5 Å². The molecule has 0 atom stereocenters. The van der Waals surface area contributed by atoms with Gasteiger partial charge in [0.05, 0.1) is 0 Å². The average molecular weight is 332 g/mol. The molecule has 0 spiro atoms. The number of sulfonamides is 1. The van der Waals surface area contributed by atoms with E-state index in [0.29, 0.717) is 0 Å². The first-order valence-corrected chi connectivity index (χ1v) is 8.31. The van der Waals surface area contributed by atoms with Gasteiger partial charge in [-0.25, -0.2) is 21.9 Å². The second-order valence-electron chi connectivity index (χ2n) is 4.59. The summed E-state index contributed by atoms with van der Waals surface area (Å²) < 4.78 is 53.6. The first-order chi connectivity index (χ1) is 9.70. The number of anilines is 1. The molecule has 3 N–H and O–H groups in total. The first kappa shape index (κ1) is 15.9. The SMILES string of the molecule is Cc1cc(CNS(=O)(=O)c2c(F)cc(N)cc2F)sc1C. The van der Waals surface area contributed by atoms with E-state index >= 15 is 0 Å². The molecule has 114 valence electrons. The second-order valence-corrected chi connectivity index (χ2v) is 7.63. The maximum atomic E-state index is 13.7. The smallest absolute Gasteiger partial charge is 0.246 e. The van der Waals surface area contributed by atoms with E-state index in [1.54, 1.807) is 0 Å². The van der Waals surface area contributed by atoms with Crippen molar-refractivity contribution < 1.29 is 17.2 Å². The fraction of sp³-hybridized carbons (Fsp3) is 0.231. The van der Waals surface area contributed by atoms with Crippen LogP contribution in [0.1, 0.15) is 15.3 Å². The number of benzene rings is 1. The Morgan fingerprint density at radius 1 is 1.19 bits per heavy atom. The van der Waals surface area contributed by atoms with Gasteiger partial charge in [0, 0.05) is 22.0 Å². The number of nitrogen functional groups attached to an aromatic ring is 1. The second kappa shape index (κ2) is 5.70. The lowest BCUT2D eigenvalue weighted by Crippen LogP contribution is -2.25. The molecule has 2 aromatic rings. The van der Waals surface area contributed by atoms with Crippen molar-refractivity contribution in [1.82, 2.24) is 4.72 Å². The molecule has 4 nitrogen and oxygen atoms in total. The van der Waals surface area contributed by atoms with Gasteiger partial charge in [-0.15, -0.1) is 11.3 Å². The van der Waals surface area contributed by atoms with E-state index in [4.69, 9.17) is 5.73 Å². The molecule has 0 aliphatic carbocycles. The molecule has 0 amide bonds. The minimum absolute atomic E-state index is 0.0229. The topological polar surface area (TPSA) is 72.2 Å². The van der Waals surface area contributed by atoms with Gasteiger partial charge in [0.25, 0.3) is 0 Å². The molecule has 1 aromatic carbocycles. The maximum absolute atomic E-state index is 13.7. The van der Waals surface area contributed by atoms with Crippen LogP contribution < -0.4 is 10.5 Å². The van der Waals surface area contributed by atoms with Crippen LogP contribution in [0.2, 0.25) is 0 Å². The molecule has 1 heterocycles. The summed E-state index contributed by atoms with van der Waals surface area (Å²) >= 11 is 1.43. The molecule has 21 heavy (non-hydrogen) atoms. The largest absolute Gasteiger partial charge is 0.399 e. The highest BCUT2D eigenvalue weighted by Gasteiger charge is 2.24. The number of aryl methyl sites for hydroxylation is 2. The Balaban J connectivity index is 2.27. The number of nitrogens with two attached hydrogens (primary N) is 1. The number of nitrogens with one attached hydrogen (secondary N) is 1. The van der Waals surface area contributed by atoms with E-state index in [2.05, 4.69) is 4.72 Å². The number of halogens is 2. The highest BCUT2D eigenvalue weighted by molar-refractivity contribution is 7.89. The standard InChI is InChI=1S/C13H14F2N2O2S2/c1-7-3-10(20-8(7)2)6-17-21(18,19)13-11(14)4-9(16)5-12(13)15/h3-5,17H,6,16H2,1-2H3. The quantitative estimate of drug-likeness (QED) is 0.846. The maximum Gasteiger partial charge on any atom is 0.246 e. The van der Waals surface area contributed by atoms with Crippen molar-refractivity contribution in [3.05, 3.63) is 45.2 Å². The summed E-state index contributed by atoms with van der Waals surface area (Å²) in [5.41, 5.74) is 6.13. The van der Waals surface area contributed by atoms with Gasteiger partial charge < -0.3 is 5.73 Å². The number of rotatable bonds is 4. The zero-order valence-electron chi connectivity index (χ0n) is 11.4. The normalized spacial score (nSPS) is 11.8. The fourth-order valence-electron chi connectivity index (χ4n) is 1.81. The third-order valence-corrected chi connectivity index (χ3v) is 5.55. The molecule has 0 saturated heterocycles. The van der Waals surface area contributed by atoms with Crippen molar-refractivity contribution in [2.75, 3.05) is 5.73 Å². The van der Waals surface area contributed by atoms with Crippen LogP contribution in [0.5, 0.6) is 0 Å². The van der Waals surface area contributed by atoms with Crippen molar-refractivity contribution in [3.8, 4) is 0 Å². The van der Waals surface area contributed by atoms with Crippen molar-refractivity contribution >= 4 is 27.0 Å². The zero-order valence-corrected chi connectivity index (χ0v) is 13.0. The third kappa shape index (κ3) is 3.39. The molecule has 0 fully saturated rings. The van der Waals surface area contributed by atoms with Crippen molar-refractivity contribution in [2.45, 2.75) is 25.3 Å². The van der Waals surface area contributed by atoms with E-state index in [0.717, 1.165) is 27.5 Å². The van der Waals surface area contributed by atoms with Gasteiger partial charge in [-0.2, -0.15) is 0 Å². The summed E-state index contributed by atoms with van der Waals surface area (Å²) in [6.07, 6.45) is 0. The highest BCUT2D eigenvalue weighted by atomic mass is 32.2. The minimum atomic E-state index is -4.29.